The summed E-state index contributed by atoms with van der Waals surface area (Å²) in [5, 5.41) is 5.17. The molecule has 0 aliphatic carbocycles. The second-order valence-electron chi connectivity index (χ2n) is 6.42. The fourth-order valence-corrected chi connectivity index (χ4v) is 5.52. The van der Waals surface area contributed by atoms with Crippen molar-refractivity contribution >= 4 is 17.8 Å². The molecule has 0 radical (unpaired) electrons. The summed E-state index contributed by atoms with van der Waals surface area (Å²) in [5.41, 5.74) is 2.12. The van der Waals surface area contributed by atoms with E-state index in [0.29, 0.717) is 0 Å². The van der Waals surface area contributed by atoms with Gasteiger partial charge in [-0.15, -0.1) is 0 Å². The minimum Gasteiger partial charge on any atom is -0.382 e. The number of rotatable bonds is 6. The molecule has 3 aromatic rings. The van der Waals surface area contributed by atoms with E-state index in [1.165, 1.54) is 5.56 Å². The standard InChI is InChI=1S/C23H24NOP/c1-19(24-20(2)21-12-6-3-7-13-21)18-26(25,22-14-8-4-9-15-22)23-16-10-5-11-17-23/h3-18,20,24H,1-2H3/b19-18+/t20-/m1/s1. The molecule has 0 aliphatic rings. The first-order chi connectivity index (χ1) is 12.6. The minimum absolute atomic E-state index is 0.146. The van der Waals surface area contributed by atoms with Crippen LogP contribution in [-0.2, 0) is 4.57 Å². The highest BCUT2D eigenvalue weighted by Crippen LogP contribution is 2.45. The Morgan fingerprint density at radius 1 is 0.808 bits per heavy atom. The number of hydrogen-bond acceptors (Lipinski definition) is 2. The molecule has 1 N–H and O–H groups in total. The molecule has 0 amide bonds. The molecule has 1 atom stereocenters. The monoisotopic (exact) mass is 361 g/mol. The van der Waals surface area contributed by atoms with Crippen LogP contribution in [0.4, 0.5) is 0 Å². The molecule has 3 rings (SSSR count). The zero-order chi connectivity index (χ0) is 18.4. The van der Waals surface area contributed by atoms with Gasteiger partial charge in [0.1, 0.15) is 0 Å². The largest absolute Gasteiger partial charge is 0.382 e. The van der Waals surface area contributed by atoms with Crippen LogP contribution in [0.1, 0.15) is 25.5 Å². The molecular weight excluding hydrogens is 337 g/mol. The van der Waals surface area contributed by atoms with Crippen LogP contribution < -0.4 is 15.9 Å². The fraction of sp³-hybridized carbons (Fsp3) is 0.130. The van der Waals surface area contributed by atoms with Gasteiger partial charge in [0.15, 0.2) is 7.14 Å². The van der Waals surface area contributed by atoms with Gasteiger partial charge in [0.2, 0.25) is 0 Å². The van der Waals surface area contributed by atoms with E-state index in [1.807, 2.05) is 91.6 Å². The van der Waals surface area contributed by atoms with E-state index in [0.717, 1.165) is 16.3 Å². The van der Waals surface area contributed by atoms with Crippen LogP contribution in [0.3, 0.4) is 0 Å². The number of hydrogen-bond donors (Lipinski definition) is 1. The molecule has 0 heterocycles. The number of allylic oxidation sites excluding steroid dienone is 1. The quantitative estimate of drug-likeness (QED) is 0.611. The molecule has 0 aliphatic heterocycles. The Bertz CT molecular complexity index is 861. The maximum absolute atomic E-state index is 14.0. The van der Waals surface area contributed by atoms with E-state index < -0.39 is 7.14 Å². The summed E-state index contributed by atoms with van der Waals surface area (Å²) in [6, 6.07) is 29.8. The Morgan fingerprint density at radius 2 is 1.23 bits per heavy atom. The summed E-state index contributed by atoms with van der Waals surface area (Å²) in [6.07, 6.45) is 0. The molecule has 3 heteroatoms. The molecule has 0 aromatic heterocycles. The molecular formula is C23H24NOP. The van der Waals surface area contributed by atoms with Crippen LogP contribution in [0, 0.1) is 0 Å². The first-order valence-electron chi connectivity index (χ1n) is 8.81. The van der Waals surface area contributed by atoms with E-state index in [2.05, 4.69) is 24.4 Å². The van der Waals surface area contributed by atoms with Crippen molar-refractivity contribution in [1.29, 1.82) is 0 Å². The van der Waals surface area contributed by atoms with Gasteiger partial charge in [0.25, 0.3) is 0 Å². The van der Waals surface area contributed by atoms with E-state index in [-0.39, 0.29) is 6.04 Å². The Labute approximate surface area is 156 Å². The highest BCUT2D eigenvalue weighted by atomic mass is 31.2. The van der Waals surface area contributed by atoms with Crippen molar-refractivity contribution < 1.29 is 4.57 Å². The summed E-state index contributed by atoms with van der Waals surface area (Å²) in [5.74, 6) is 1.90. The first kappa shape index (κ1) is 18.2. The second-order valence-corrected chi connectivity index (χ2v) is 9.02. The van der Waals surface area contributed by atoms with E-state index in [1.54, 1.807) is 0 Å². The Hall–Kier alpha value is -2.57. The lowest BCUT2D eigenvalue weighted by Gasteiger charge is -2.20. The third-order valence-corrected chi connectivity index (χ3v) is 7.28. The van der Waals surface area contributed by atoms with Crippen LogP contribution in [-0.4, -0.2) is 0 Å². The van der Waals surface area contributed by atoms with Gasteiger partial charge in [-0.25, -0.2) is 0 Å². The zero-order valence-corrected chi connectivity index (χ0v) is 16.1. The van der Waals surface area contributed by atoms with Crippen LogP contribution in [0.5, 0.6) is 0 Å². The first-order valence-corrected chi connectivity index (χ1v) is 10.6. The zero-order valence-electron chi connectivity index (χ0n) is 15.2. The Balaban J connectivity index is 1.95. The average molecular weight is 361 g/mol. The lowest BCUT2D eigenvalue weighted by molar-refractivity contribution is 0.591. The fourth-order valence-electron chi connectivity index (χ4n) is 3.07. The highest BCUT2D eigenvalue weighted by molar-refractivity contribution is 7.81. The van der Waals surface area contributed by atoms with E-state index in [9.17, 15) is 4.57 Å². The van der Waals surface area contributed by atoms with E-state index in [4.69, 9.17) is 0 Å². The topological polar surface area (TPSA) is 29.1 Å². The molecule has 132 valence electrons. The third kappa shape index (κ3) is 4.15. The van der Waals surface area contributed by atoms with Crippen molar-refractivity contribution in [1.82, 2.24) is 5.32 Å². The van der Waals surface area contributed by atoms with E-state index >= 15 is 0 Å². The number of nitrogens with one attached hydrogen (secondary N) is 1. The SMILES string of the molecule is C/C(=C\P(=O)(c1ccccc1)c1ccccc1)N[C@H](C)c1ccccc1. The summed E-state index contributed by atoms with van der Waals surface area (Å²) in [4.78, 5) is 0. The van der Waals surface area contributed by atoms with Crippen molar-refractivity contribution in [2.24, 2.45) is 0 Å². The van der Waals surface area contributed by atoms with Gasteiger partial charge >= 0.3 is 0 Å². The average Bonchev–Trinajstić information content (AvgIpc) is 2.70. The predicted octanol–water partition coefficient (Wildman–Crippen LogP) is 5.21. The summed E-state index contributed by atoms with van der Waals surface area (Å²) in [6.45, 7) is 4.10. The van der Waals surface area contributed by atoms with Crippen LogP contribution in [0.2, 0.25) is 0 Å². The number of benzene rings is 3. The predicted molar refractivity (Wildman–Crippen MR) is 112 cm³/mol. The lowest BCUT2D eigenvalue weighted by atomic mass is 10.1. The molecule has 0 unspecified atom stereocenters. The summed E-state index contributed by atoms with van der Waals surface area (Å²) in [7, 11) is -2.85. The van der Waals surface area contributed by atoms with Crippen LogP contribution in [0.25, 0.3) is 0 Å². The van der Waals surface area contributed by atoms with Gasteiger partial charge in [-0.3, -0.25) is 0 Å². The van der Waals surface area contributed by atoms with Gasteiger partial charge in [-0.1, -0.05) is 91.0 Å². The maximum atomic E-state index is 14.0. The molecule has 0 bridgehead atoms. The summed E-state index contributed by atoms with van der Waals surface area (Å²) >= 11 is 0. The normalized spacial score (nSPS) is 13.2. The van der Waals surface area contributed by atoms with Gasteiger partial charge in [-0.2, -0.15) is 0 Å². The van der Waals surface area contributed by atoms with Crippen molar-refractivity contribution in [2.45, 2.75) is 19.9 Å². The van der Waals surface area contributed by atoms with Crippen molar-refractivity contribution in [3.63, 3.8) is 0 Å². The van der Waals surface area contributed by atoms with Gasteiger partial charge in [0, 0.05) is 28.2 Å². The highest BCUT2D eigenvalue weighted by Gasteiger charge is 2.25. The minimum atomic E-state index is -2.85. The van der Waals surface area contributed by atoms with Gasteiger partial charge in [-0.05, 0) is 19.4 Å². The molecule has 0 fully saturated rings. The Morgan fingerprint density at radius 3 is 1.69 bits per heavy atom. The smallest absolute Gasteiger partial charge is 0.165 e. The van der Waals surface area contributed by atoms with Crippen molar-refractivity contribution in [2.75, 3.05) is 0 Å². The maximum Gasteiger partial charge on any atom is 0.165 e. The Kier molecular flexibility index (Phi) is 5.75. The van der Waals surface area contributed by atoms with Crippen LogP contribution in [0.15, 0.2) is 103 Å². The lowest BCUT2D eigenvalue weighted by Crippen LogP contribution is -2.19. The van der Waals surface area contributed by atoms with Crippen LogP contribution >= 0.6 is 7.14 Å². The van der Waals surface area contributed by atoms with Gasteiger partial charge < -0.3 is 9.88 Å². The molecule has 2 nitrogen and oxygen atoms in total. The second kappa shape index (κ2) is 8.21. The molecule has 3 aromatic carbocycles. The van der Waals surface area contributed by atoms with Crippen molar-refractivity contribution in [3.8, 4) is 0 Å². The molecule has 0 spiro atoms. The third-order valence-electron chi connectivity index (χ3n) is 4.40. The summed E-state index contributed by atoms with van der Waals surface area (Å²) < 4.78 is 14.0. The molecule has 0 saturated carbocycles. The van der Waals surface area contributed by atoms with Gasteiger partial charge in [0.05, 0.1) is 0 Å². The molecule has 0 saturated heterocycles. The van der Waals surface area contributed by atoms with Crippen molar-refractivity contribution in [3.05, 3.63) is 108 Å². The molecule has 26 heavy (non-hydrogen) atoms.